The van der Waals surface area contributed by atoms with Crippen LogP contribution in [0.3, 0.4) is 0 Å². The van der Waals surface area contributed by atoms with Crippen LogP contribution in [0.2, 0.25) is 0 Å². The van der Waals surface area contributed by atoms with E-state index in [9.17, 15) is 4.79 Å². The highest BCUT2D eigenvalue weighted by Crippen LogP contribution is 2.27. The molecule has 94 valence electrons. The van der Waals surface area contributed by atoms with Gasteiger partial charge in [0.2, 0.25) is 0 Å². The molecule has 0 heterocycles. The second-order valence-electron chi connectivity index (χ2n) is 3.46. The second-order valence-corrected chi connectivity index (χ2v) is 4.31. The highest BCUT2D eigenvalue weighted by molar-refractivity contribution is 9.10. The van der Waals surface area contributed by atoms with Crippen LogP contribution in [0.25, 0.3) is 0 Å². The first-order valence-corrected chi connectivity index (χ1v) is 6.11. The first-order chi connectivity index (χ1) is 8.17. The Morgan fingerprint density at radius 3 is 2.82 bits per heavy atom. The van der Waals surface area contributed by atoms with Crippen molar-refractivity contribution in [2.24, 2.45) is 0 Å². The lowest BCUT2D eigenvalue weighted by molar-refractivity contribution is -0.140. The largest absolute Gasteiger partial charge is 0.495 e. The molecule has 0 amide bonds. The number of halogens is 1. The van der Waals surface area contributed by atoms with Gasteiger partial charge in [0.05, 0.1) is 18.7 Å². The molecule has 0 fully saturated rings. The van der Waals surface area contributed by atoms with E-state index < -0.39 is 0 Å². The summed E-state index contributed by atoms with van der Waals surface area (Å²) in [6.45, 7) is 0.722. The first-order valence-electron chi connectivity index (χ1n) is 5.31. The normalized spacial score (nSPS) is 9.82. The van der Waals surface area contributed by atoms with Gasteiger partial charge in [-0.25, -0.2) is 0 Å². The number of hydrogen-bond acceptors (Lipinski definition) is 4. The predicted octanol–water partition coefficient (Wildman–Crippen LogP) is 2.82. The third-order valence-corrected chi connectivity index (χ3v) is 2.92. The van der Waals surface area contributed by atoms with Crippen molar-refractivity contribution in [1.29, 1.82) is 0 Å². The average molecular weight is 302 g/mol. The van der Waals surface area contributed by atoms with E-state index >= 15 is 0 Å². The molecule has 0 aliphatic carbocycles. The van der Waals surface area contributed by atoms with Gasteiger partial charge in [-0.2, -0.15) is 0 Å². The zero-order chi connectivity index (χ0) is 12.7. The van der Waals surface area contributed by atoms with Gasteiger partial charge in [-0.1, -0.05) is 0 Å². The van der Waals surface area contributed by atoms with Crippen LogP contribution in [0.4, 0.5) is 5.69 Å². The summed E-state index contributed by atoms with van der Waals surface area (Å²) in [6, 6.07) is 5.77. The maximum absolute atomic E-state index is 10.9. The number of esters is 1. The van der Waals surface area contributed by atoms with Crippen LogP contribution in [0, 0.1) is 0 Å². The van der Waals surface area contributed by atoms with Gasteiger partial charge in [-0.05, 0) is 34.5 Å². The summed E-state index contributed by atoms with van der Waals surface area (Å²) < 4.78 is 10.7. The molecule has 0 saturated carbocycles. The standard InChI is InChI=1S/C12H16BrNO3/c1-16-11-8-9(5-6-10(11)13)14-7-3-4-12(15)17-2/h5-6,8,14H,3-4,7H2,1-2H3. The Bertz CT molecular complexity index is 382. The van der Waals surface area contributed by atoms with Crippen molar-refractivity contribution in [3.8, 4) is 5.75 Å². The minimum absolute atomic E-state index is 0.180. The zero-order valence-electron chi connectivity index (χ0n) is 9.96. The molecule has 5 heteroatoms. The van der Waals surface area contributed by atoms with E-state index in [4.69, 9.17) is 4.74 Å². The maximum Gasteiger partial charge on any atom is 0.305 e. The molecule has 0 saturated heterocycles. The smallest absolute Gasteiger partial charge is 0.305 e. The highest BCUT2D eigenvalue weighted by Gasteiger charge is 2.02. The van der Waals surface area contributed by atoms with Crippen molar-refractivity contribution in [3.05, 3.63) is 22.7 Å². The van der Waals surface area contributed by atoms with E-state index in [1.165, 1.54) is 7.11 Å². The highest BCUT2D eigenvalue weighted by atomic mass is 79.9. The maximum atomic E-state index is 10.9. The summed E-state index contributed by atoms with van der Waals surface area (Å²) in [6.07, 6.45) is 1.17. The number of rotatable bonds is 6. The Kier molecular flexibility index (Phi) is 5.83. The van der Waals surface area contributed by atoms with Crippen molar-refractivity contribution < 1.29 is 14.3 Å². The van der Waals surface area contributed by atoms with E-state index in [1.54, 1.807) is 7.11 Å². The van der Waals surface area contributed by atoms with Gasteiger partial charge in [0, 0.05) is 24.7 Å². The number of carbonyl (C=O) groups is 1. The summed E-state index contributed by atoms with van der Waals surface area (Å²) in [5, 5.41) is 3.22. The molecule has 1 aromatic carbocycles. The third-order valence-electron chi connectivity index (χ3n) is 2.27. The van der Waals surface area contributed by atoms with Crippen LogP contribution < -0.4 is 10.1 Å². The van der Waals surface area contributed by atoms with Crippen LogP contribution in [-0.2, 0) is 9.53 Å². The van der Waals surface area contributed by atoms with Crippen LogP contribution in [-0.4, -0.2) is 26.7 Å². The summed E-state index contributed by atoms with van der Waals surface area (Å²) in [5.74, 6) is 0.600. The number of anilines is 1. The van der Waals surface area contributed by atoms with E-state index in [0.29, 0.717) is 6.42 Å². The van der Waals surface area contributed by atoms with E-state index in [0.717, 1.165) is 28.9 Å². The Morgan fingerprint density at radius 1 is 1.41 bits per heavy atom. The molecule has 0 aromatic heterocycles. The van der Waals surface area contributed by atoms with Gasteiger partial charge in [0.1, 0.15) is 5.75 Å². The average Bonchev–Trinajstić information content (AvgIpc) is 2.36. The molecule has 0 spiro atoms. The quantitative estimate of drug-likeness (QED) is 0.648. The molecule has 1 rings (SSSR count). The Hall–Kier alpha value is -1.23. The first kappa shape index (κ1) is 13.8. The molecular formula is C12H16BrNO3. The van der Waals surface area contributed by atoms with Gasteiger partial charge in [0.15, 0.2) is 0 Å². The molecule has 0 radical (unpaired) electrons. The van der Waals surface area contributed by atoms with Crippen LogP contribution in [0.5, 0.6) is 5.75 Å². The minimum Gasteiger partial charge on any atom is -0.495 e. The fraction of sp³-hybridized carbons (Fsp3) is 0.417. The lowest BCUT2D eigenvalue weighted by Crippen LogP contribution is -2.06. The van der Waals surface area contributed by atoms with Gasteiger partial charge in [-0.15, -0.1) is 0 Å². The van der Waals surface area contributed by atoms with Crippen LogP contribution in [0.15, 0.2) is 22.7 Å². The van der Waals surface area contributed by atoms with Crippen LogP contribution in [0.1, 0.15) is 12.8 Å². The van der Waals surface area contributed by atoms with Gasteiger partial charge < -0.3 is 14.8 Å². The Balaban J connectivity index is 2.39. The summed E-state index contributed by atoms with van der Waals surface area (Å²) in [5.41, 5.74) is 0.968. The monoisotopic (exact) mass is 301 g/mol. The molecule has 0 unspecified atom stereocenters. The van der Waals surface area contributed by atoms with Crippen molar-refractivity contribution in [1.82, 2.24) is 0 Å². The number of nitrogens with one attached hydrogen (secondary N) is 1. The molecule has 0 aliphatic heterocycles. The van der Waals surface area contributed by atoms with Crippen molar-refractivity contribution in [3.63, 3.8) is 0 Å². The SMILES string of the molecule is COC(=O)CCCNc1ccc(Br)c(OC)c1. The van der Waals surface area contributed by atoms with E-state index in [-0.39, 0.29) is 5.97 Å². The predicted molar refractivity (Wildman–Crippen MR) is 70.4 cm³/mol. The summed E-state index contributed by atoms with van der Waals surface area (Å²) in [7, 11) is 3.02. The number of benzene rings is 1. The van der Waals surface area contributed by atoms with Crippen molar-refractivity contribution >= 4 is 27.6 Å². The fourth-order valence-corrected chi connectivity index (χ4v) is 1.75. The van der Waals surface area contributed by atoms with Gasteiger partial charge in [0.25, 0.3) is 0 Å². The molecule has 0 bridgehead atoms. The Labute approximate surface area is 109 Å². The van der Waals surface area contributed by atoms with E-state index in [2.05, 4.69) is 26.0 Å². The van der Waals surface area contributed by atoms with Gasteiger partial charge >= 0.3 is 5.97 Å². The molecule has 0 atom stereocenters. The minimum atomic E-state index is -0.180. The molecule has 1 N–H and O–H groups in total. The number of hydrogen-bond donors (Lipinski definition) is 1. The number of ether oxygens (including phenoxy) is 2. The summed E-state index contributed by atoms with van der Waals surface area (Å²) in [4.78, 5) is 10.9. The van der Waals surface area contributed by atoms with Crippen molar-refractivity contribution in [2.45, 2.75) is 12.8 Å². The second kappa shape index (κ2) is 7.17. The number of carbonyl (C=O) groups excluding carboxylic acids is 1. The van der Waals surface area contributed by atoms with E-state index in [1.807, 2.05) is 18.2 Å². The molecule has 0 aliphatic rings. The molecule has 17 heavy (non-hydrogen) atoms. The lowest BCUT2D eigenvalue weighted by atomic mass is 10.2. The lowest BCUT2D eigenvalue weighted by Gasteiger charge is -2.09. The molecule has 1 aromatic rings. The van der Waals surface area contributed by atoms with Crippen molar-refractivity contribution in [2.75, 3.05) is 26.1 Å². The fourth-order valence-electron chi connectivity index (χ4n) is 1.34. The number of methoxy groups -OCH3 is 2. The Morgan fingerprint density at radius 2 is 2.18 bits per heavy atom. The third kappa shape index (κ3) is 4.65. The topological polar surface area (TPSA) is 47.6 Å². The van der Waals surface area contributed by atoms with Crippen LogP contribution >= 0.6 is 15.9 Å². The summed E-state index contributed by atoms with van der Waals surface area (Å²) >= 11 is 3.39. The van der Waals surface area contributed by atoms with Gasteiger partial charge in [-0.3, -0.25) is 4.79 Å². The zero-order valence-corrected chi connectivity index (χ0v) is 11.5. The molecular weight excluding hydrogens is 286 g/mol. The molecule has 4 nitrogen and oxygen atoms in total.